The second-order valence-electron chi connectivity index (χ2n) is 3.45. The van der Waals surface area contributed by atoms with Gasteiger partial charge in [-0.25, -0.2) is 0 Å². The number of rotatable bonds is 3. The van der Waals surface area contributed by atoms with Crippen molar-refractivity contribution in [2.45, 2.75) is 6.61 Å². The molecule has 0 atom stereocenters. The van der Waals surface area contributed by atoms with Crippen molar-refractivity contribution in [2.75, 3.05) is 0 Å². The maximum absolute atomic E-state index is 5.98. The molecule has 94 valence electrons. The molecule has 0 radical (unpaired) electrons. The molecule has 1 aromatic carbocycles. The Morgan fingerprint density at radius 1 is 0.944 bits per heavy atom. The predicted octanol–water partition coefficient (Wildman–Crippen LogP) is 5.27. The maximum Gasteiger partial charge on any atom is 0.140 e. The summed E-state index contributed by atoms with van der Waals surface area (Å²) < 4.78 is 5.52. The highest BCUT2D eigenvalue weighted by molar-refractivity contribution is 6.43. The highest BCUT2D eigenvalue weighted by Crippen LogP contribution is 2.34. The minimum Gasteiger partial charge on any atom is -0.486 e. The van der Waals surface area contributed by atoms with Crippen LogP contribution in [0.1, 0.15) is 5.69 Å². The van der Waals surface area contributed by atoms with Gasteiger partial charge in [-0.05, 0) is 18.2 Å². The standard InChI is InChI=1S/C12H7Cl4NO/c13-7-1-2-17-8(3-7)6-18-12-5-10(15)9(14)4-11(12)16/h1-5H,6H2. The Kier molecular flexibility index (Phi) is 4.57. The predicted molar refractivity (Wildman–Crippen MR) is 75.1 cm³/mol. The summed E-state index contributed by atoms with van der Waals surface area (Å²) in [5, 5.41) is 1.76. The first kappa shape index (κ1) is 13.8. The van der Waals surface area contributed by atoms with Crippen molar-refractivity contribution in [3.63, 3.8) is 0 Å². The first-order valence-electron chi connectivity index (χ1n) is 4.94. The van der Waals surface area contributed by atoms with Crippen LogP contribution in [0.2, 0.25) is 20.1 Å². The quantitative estimate of drug-likeness (QED) is 0.718. The number of hydrogen-bond donors (Lipinski definition) is 0. The molecule has 0 bridgehead atoms. The monoisotopic (exact) mass is 321 g/mol. The lowest BCUT2D eigenvalue weighted by molar-refractivity contribution is 0.301. The van der Waals surface area contributed by atoms with Crippen LogP contribution in [-0.4, -0.2) is 4.98 Å². The van der Waals surface area contributed by atoms with Gasteiger partial charge in [0.25, 0.3) is 0 Å². The Hall–Kier alpha value is -0.670. The average Bonchev–Trinajstić information content (AvgIpc) is 2.32. The summed E-state index contributed by atoms with van der Waals surface area (Å²) in [4.78, 5) is 4.11. The molecule has 0 aliphatic heterocycles. The van der Waals surface area contributed by atoms with Crippen LogP contribution in [0.5, 0.6) is 5.75 Å². The van der Waals surface area contributed by atoms with Gasteiger partial charge in [-0.3, -0.25) is 4.98 Å². The summed E-state index contributed by atoms with van der Waals surface area (Å²) in [5.74, 6) is 0.452. The molecule has 0 aliphatic carbocycles. The molecular weight excluding hydrogens is 316 g/mol. The lowest BCUT2D eigenvalue weighted by Gasteiger charge is -2.09. The Balaban J connectivity index is 2.13. The summed E-state index contributed by atoms with van der Waals surface area (Å²) in [6.07, 6.45) is 1.61. The Bertz CT molecular complexity index is 574. The Morgan fingerprint density at radius 2 is 1.67 bits per heavy atom. The molecule has 2 nitrogen and oxygen atoms in total. The molecule has 2 rings (SSSR count). The van der Waals surface area contributed by atoms with Crippen LogP contribution in [0.4, 0.5) is 0 Å². The zero-order chi connectivity index (χ0) is 13.1. The molecule has 0 aliphatic rings. The van der Waals surface area contributed by atoms with Crippen molar-refractivity contribution < 1.29 is 4.74 Å². The minimum absolute atomic E-state index is 0.248. The zero-order valence-electron chi connectivity index (χ0n) is 8.96. The summed E-state index contributed by atoms with van der Waals surface area (Å²) in [7, 11) is 0. The molecule has 2 aromatic rings. The van der Waals surface area contributed by atoms with Crippen molar-refractivity contribution in [3.8, 4) is 5.75 Å². The molecule has 0 fully saturated rings. The lowest BCUT2D eigenvalue weighted by atomic mass is 10.3. The van der Waals surface area contributed by atoms with Crippen LogP contribution in [0.15, 0.2) is 30.5 Å². The number of hydrogen-bond acceptors (Lipinski definition) is 2. The minimum atomic E-state index is 0.248. The number of halogens is 4. The van der Waals surface area contributed by atoms with E-state index in [0.29, 0.717) is 31.5 Å². The van der Waals surface area contributed by atoms with Crippen LogP contribution in [-0.2, 0) is 6.61 Å². The van der Waals surface area contributed by atoms with Gasteiger partial charge in [0.05, 0.1) is 20.8 Å². The van der Waals surface area contributed by atoms with E-state index in [4.69, 9.17) is 51.1 Å². The Labute approximate surface area is 124 Å². The summed E-state index contributed by atoms with van der Waals surface area (Å²) in [6, 6.07) is 6.51. The third-order valence-corrected chi connectivity index (χ3v) is 3.38. The van der Waals surface area contributed by atoms with E-state index in [1.54, 1.807) is 24.4 Å². The van der Waals surface area contributed by atoms with E-state index < -0.39 is 0 Å². The van der Waals surface area contributed by atoms with Gasteiger partial charge in [-0.15, -0.1) is 0 Å². The average molecular weight is 323 g/mol. The van der Waals surface area contributed by atoms with E-state index in [9.17, 15) is 0 Å². The van der Waals surface area contributed by atoms with Crippen LogP contribution in [0.3, 0.4) is 0 Å². The molecule has 0 spiro atoms. The fourth-order valence-electron chi connectivity index (χ4n) is 1.29. The second kappa shape index (κ2) is 5.98. The fraction of sp³-hybridized carbons (Fsp3) is 0.0833. The molecule has 0 amide bonds. The molecule has 1 heterocycles. The van der Waals surface area contributed by atoms with Gasteiger partial charge in [-0.1, -0.05) is 46.4 Å². The Morgan fingerprint density at radius 3 is 2.39 bits per heavy atom. The van der Waals surface area contributed by atoms with Gasteiger partial charge >= 0.3 is 0 Å². The van der Waals surface area contributed by atoms with Gasteiger partial charge in [0.2, 0.25) is 0 Å². The molecule has 0 saturated heterocycles. The lowest BCUT2D eigenvalue weighted by Crippen LogP contribution is -1.98. The molecular formula is C12H7Cl4NO. The van der Waals surface area contributed by atoms with Crippen molar-refractivity contribution in [1.82, 2.24) is 4.98 Å². The van der Waals surface area contributed by atoms with Gasteiger partial charge < -0.3 is 4.74 Å². The maximum atomic E-state index is 5.98. The SMILES string of the molecule is Clc1ccnc(COc2cc(Cl)c(Cl)cc2Cl)c1. The van der Waals surface area contributed by atoms with Crippen LogP contribution in [0, 0.1) is 0 Å². The molecule has 18 heavy (non-hydrogen) atoms. The van der Waals surface area contributed by atoms with Gasteiger partial charge in [0.15, 0.2) is 0 Å². The number of ether oxygens (including phenoxy) is 1. The summed E-state index contributed by atoms with van der Waals surface area (Å²) in [5.41, 5.74) is 0.699. The summed E-state index contributed by atoms with van der Waals surface area (Å²) in [6.45, 7) is 0.248. The largest absolute Gasteiger partial charge is 0.486 e. The number of pyridine rings is 1. The molecule has 1 aromatic heterocycles. The molecule has 0 unspecified atom stereocenters. The van der Waals surface area contributed by atoms with E-state index in [-0.39, 0.29) is 6.61 Å². The highest BCUT2D eigenvalue weighted by atomic mass is 35.5. The van der Waals surface area contributed by atoms with Crippen molar-refractivity contribution in [3.05, 3.63) is 56.2 Å². The van der Waals surface area contributed by atoms with E-state index in [1.165, 1.54) is 6.07 Å². The molecule has 0 saturated carbocycles. The number of nitrogens with zero attached hydrogens (tertiary/aromatic N) is 1. The summed E-state index contributed by atoms with van der Waals surface area (Å²) >= 11 is 23.5. The van der Waals surface area contributed by atoms with Crippen molar-refractivity contribution in [2.24, 2.45) is 0 Å². The number of benzene rings is 1. The topological polar surface area (TPSA) is 22.1 Å². The first-order valence-corrected chi connectivity index (χ1v) is 6.45. The number of aromatic nitrogens is 1. The molecule has 6 heteroatoms. The zero-order valence-corrected chi connectivity index (χ0v) is 12.0. The van der Waals surface area contributed by atoms with E-state index in [0.717, 1.165) is 0 Å². The van der Waals surface area contributed by atoms with Gasteiger partial charge in [-0.2, -0.15) is 0 Å². The molecule has 0 N–H and O–H groups in total. The third-order valence-electron chi connectivity index (χ3n) is 2.13. The normalized spacial score (nSPS) is 10.4. The van der Waals surface area contributed by atoms with E-state index in [2.05, 4.69) is 4.98 Å². The van der Waals surface area contributed by atoms with Crippen molar-refractivity contribution in [1.29, 1.82) is 0 Å². The van der Waals surface area contributed by atoms with Crippen molar-refractivity contribution >= 4 is 46.4 Å². The van der Waals surface area contributed by atoms with Crippen LogP contribution >= 0.6 is 46.4 Å². The smallest absolute Gasteiger partial charge is 0.140 e. The third kappa shape index (κ3) is 3.42. The second-order valence-corrected chi connectivity index (χ2v) is 5.11. The highest BCUT2D eigenvalue weighted by Gasteiger charge is 2.07. The fourth-order valence-corrected chi connectivity index (χ4v) is 2.07. The van der Waals surface area contributed by atoms with Gasteiger partial charge in [0, 0.05) is 17.3 Å². The van der Waals surface area contributed by atoms with E-state index >= 15 is 0 Å². The van der Waals surface area contributed by atoms with E-state index in [1.807, 2.05) is 0 Å². The van der Waals surface area contributed by atoms with Gasteiger partial charge in [0.1, 0.15) is 12.4 Å². The van der Waals surface area contributed by atoms with Crippen LogP contribution < -0.4 is 4.74 Å². The first-order chi connectivity index (χ1) is 8.56. The van der Waals surface area contributed by atoms with Crippen LogP contribution in [0.25, 0.3) is 0 Å².